The van der Waals surface area contributed by atoms with Gasteiger partial charge < -0.3 is 14.8 Å². The molecule has 2 aromatic heterocycles. The number of hydrogen-bond donors (Lipinski definition) is 1. The summed E-state index contributed by atoms with van der Waals surface area (Å²) in [5, 5.41) is 1.10. The highest BCUT2D eigenvalue weighted by Crippen LogP contribution is 2.49. The zero-order chi connectivity index (χ0) is 16.9. The molecule has 5 heteroatoms. The number of H-pyrrole nitrogens is 1. The summed E-state index contributed by atoms with van der Waals surface area (Å²) < 4.78 is 0. The molecule has 3 aromatic rings. The molecule has 1 N–H and O–H groups in total. The lowest BCUT2D eigenvalue weighted by molar-refractivity contribution is 0.316. The van der Waals surface area contributed by atoms with Crippen molar-refractivity contribution >= 4 is 22.5 Å². The van der Waals surface area contributed by atoms with E-state index in [1.165, 1.54) is 37.2 Å². The summed E-state index contributed by atoms with van der Waals surface area (Å²) in [5.41, 5.74) is 3.92. The van der Waals surface area contributed by atoms with E-state index in [0.29, 0.717) is 0 Å². The number of anilines is 2. The van der Waals surface area contributed by atoms with Crippen molar-refractivity contribution in [2.75, 3.05) is 31.1 Å². The number of para-hydroxylation sites is 1. The van der Waals surface area contributed by atoms with Gasteiger partial charge in [0.15, 0.2) is 0 Å². The van der Waals surface area contributed by atoms with Gasteiger partial charge in [-0.1, -0.05) is 25.1 Å². The lowest BCUT2D eigenvalue weighted by Crippen LogP contribution is -2.35. The number of likely N-dealkylation sites (tertiary alicyclic amines) is 1. The Morgan fingerprint density at radius 1 is 1.16 bits per heavy atom. The Morgan fingerprint density at radius 2 is 2.08 bits per heavy atom. The number of aromatic amines is 1. The normalized spacial score (nSPS) is 23.0. The molecular formula is C20H23N5. The van der Waals surface area contributed by atoms with Gasteiger partial charge in [0.05, 0.1) is 5.39 Å². The van der Waals surface area contributed by atoms with E-state index in [1.807, 2.05) is 6.20 Å². The van der Waals surface area contributed by atoms with E-state index in [9.17, 15) is 0 Å². The standard InChI is InChI=1S/C20H23N5/c1-2-10-24-11-8-20(12-24)13-25(17-6-4-3-5-16(17)20)19-15-7-9-21-18(15)22-14-23-19/h3-7,9,14H,2,8,10-13H2,1H3,(H,21,22,23)/t20-/m1/s1. The molecule has 5 nitrogen and oxygen atoms in total. The predicted octanol–water partition coefficient (Wildman–Crippen LogP) is 3.46. The average Bonchev–Trinajstić information content (AvgIpc) is 3.34. The predicted molar refractivity (Wildman–Crippen MR) is 100 cm³/mol. The summed E-state index contributed by atoms with van der Waals surface area (Å²) in [5.74, 6) is 1.02. The van der Waals surface area contributed by atoms with Crippen LogP contribution in [0.15, 0.2) is 42.9 Å². The van der Waals surface area contributed by atoms with Crippen LogP contribution in [0.3, 0.4) is 0 Å². The summed E-state index contributed by atoms with van der Waals surface area (Å²) in [7, 11) is 0. The Morgan fingerprint density at radius 3 is 3.00 bits per heavy atom. The third kappa shape index (κ3) is 2.19. The van der Waals surface area contributed by atoms with Crippen molar-refractivity contribution < 1.29 is 0 Å². The lowest BCUT2D eigenvalue weighted by atomic mass is 9.81. The second-order valence-electron chi connectivity index (χ2n) is 7.35. The molecule has 1 atom stereocenters. The maximum atomic E-state index is 4.65. The summed E-state index contributed by atoms with van der Waals surface area (Å²) in [6, 6.07) is 11.0. The topological polar surface area (TPSA) is 48.1 Å². The van der Waals surface area contributed by atoms with E-state index in [4.69, 9.17) is 0 Å². The highest BCUT2D eigenvalue weighted by molar-refractivity contribution is 5.91. The van der Waals surface area contributed by atoms with Crippen LogP contribution >= 0.6 is 0 Å². The van der Waals surface area contributed by atoms with Crippen LogP contribution in [0.5, 0.6) is 0 Å². The largest absolute Gasteiger partial charge is 0.346 e. The molecule has 128 valence electrons. The van der Waals surface area contributed by atoms with Crippen LogP contribution in [0.25, 0.3) is 11.0 Å². The van der Waals surface area contributed by atoms with Crippen molar-refractivity contribution in [2.45, 2.75) is 25.2 Å². The minimum Gasteiger partial charge on any atom is -0.346 e. The molecule has 0 amide bonds. The Hall–Kier alpha value is -2.40. The molecule has 1 fully saturated rings. The van der Waals surface area contributed by atoms with Crippen molar-refractivity contribution in [3.63, 3.8) is 0 Å². The van der Waals surface area contributed by atoms with Gasteiger partial charge in [0.25, 0.3) is 0 Å². The molecule has 2 aliphatic rings. The molecule has 2 aliphatic heterocycles. The maximum Gasteiger partial charge on any atom is 0.145 e. The number of benzene rings is 1. The van der Waals surface area contributed by atoms with Crippen molar-refractivity contribution in [1.82, 2.24) is 19.9 Å². The van der Waals surface area contributed by atoms with E-state index in [2.05, 4.69) is 62.0 Å². The quantitative estimate of drug-likeness (QED) is 0.797. The number of rotatable bonds is 3. The highest BCUT2D eigenvalue weighted by Gasteiger charge is 2.47. The van der Waals surface area contributed by atoms with E-state index < -0.39 is 0 Å². The molecule has 0 aliphatic carbocycles. The van der Waals surface area contributed by atoms with Crippen molar-refractivity contribution in [1.29, 1.82) is 0 Å². The minimum atomic E-state index is 0.222. The number of hydrogen-bond acceptors (Lipinski definition) is 4. The van der Waals surface area contributed by atoms with Gasteiger partial charge in [-0.2, -0.15) is 0 Å². The number of fused-ring (bicyclic) bond motifs is 3. The molecule has 5 rings (SSSR count). The van der Waals surface area contributed by atoms with Gasteiger partial charge in [-0.15, -0.1) is 0 Å². The van der Waals surface area contributed by atoms with Crippen LogP contribution in [0, 0.1) is 0 Å². The van der Waals surface area contributed by atoms with Gasteiger partial charge in [0, 0.05) is 30.4 Å². The lowest BCUT2D eigenvalue weighted by Gasteiger charge is -2.26. The summed E-state index contributed by atoms with van der Waals surface area (Å²) in [6.07, 6.45) is 6.05. The first-order valence-corrected chi connectivity index (χ1v) is 9.18. The van der Waals surface area contributed by atoms with Crippen LogP contribution in [0.4, 0.5) is 11.5 Å². The molecule has 0 radical (unpaired) electrons. The van der Waals surface area contributed by atoms with E-state index in [0.717, 1.165) is 29.9 Å². The van der Waals surface area contributed by atoms with E-state index in [-0.39, 0.29) is 5.41 Å². The van der Waals surface area contributed by atoms with Gasteiger partial charge in [-0.25, -0.2) is 9.97 Å². The van der Waals surface area contributed by atoms with Gasteiger partial charge in [-0.05, 0) is 43.6 Å². The zero-order valence-electron chi connectivity index (χ0n) is 14.6. The highest BCUT2D eigenvalue weighted by atomic mass is 15.3. The van der Waals surface area contributed by atoms with Gasteiger partial charge in [-0.3, -0.25) is 0 Å². The molecule has 25 heavy (non-hydrogen) atoms. The SMILES string of the molecule is CCCN1CC[C@@]2(C1)CN(c1ncnc3[nH]ccc13)c1ccccc12. The van der Waals surface area contributed by atoms with E-state index in [1.54, 1.807) is 6.33 Å². The monoisotopic (exact) mass is 333 g/mol. The fourth-order valence-corrected chi connectivity index (χ4v) is 4.71. The molecule has 4 heterocycles. The smallest absolute Gasteiger partial charge is 0.145 e. The number of nitrogens with one attached hydrogen (secondary N) is 1. The van der Waals surface area contributed by atoms with Gasteiger partial charge in [0.2, 0.25) is 0 Å². The number of nitrogens with zero attached hydrogens (tertiary/aromatic N) is 4. The molecule has 1 saturated heterocycles. The van der Waals surface area contributed by atoms with Crippen molar-refractivity contribution in [2.24, 2.45) is 0 Å². The Kier molecular flexibility index (Phi) is 3.31. The molecule has 0 unspecified atom stereocenters. The van der Waals surface area contributed by atoms with Gasteiger partial charge in [0.1, 0.15) is 17.8 Å². The molecule has 1 aromatic carbocycles. The second-order valence-corrected chi connectivity index (χ2v) is 7.35. The summed E-state index contributed by atoms with van der Waals surface area (Å²) >= 11 is 0. The van der Waals surface area contributed by atoms with E-state index >= 15 is 0 Å². The van der Waals surface area contributed by atoms with Crippen molar-refractivity contribution in [3.05, 3.63) is 48.4 Å². The van der Waals surface area contributed by atoms with Crippen molar-refractivity contribution in [3.8, 4) is 0 Å². The number of aromatic nitrogens is 3. The second kappa shape index (κ2) is 5.56. The van der Waals surface area contributed by atoms with Crippen LogP contribution in [0.1, 0.15) is 25.3 Å². The fourth-order valence-electron chi connectivity index (χ4n) is 4.71. The summed E-state index contributed by atoms with van der Waals surface area (Å²) in [4.78, 5) is 17.2. The third-order valence-corrected chi connectivity index (χ3v) is 5.79. The molecular weight excluding hydrogens is 310 g/mol. The van der Waals surface area contributed by atoms with Crippen LogP contribution < -0.4 is 4.90 Å². The first kappa shape index (κ1) is 14.9. The van der Waals surface area contributed by atoms with Crippen LogP contribution in [-0.2, 0) is 5.41 Å². The molecule has 0 saturated carbocycles. The first-order chi connectivity index (χ1) is 12.3. The van der Waals surface area contributed by atoms with Gasteiger partial charge >= 0.3 is 0 Å². The van der Waals surface area contributed by atoms with Crippen LogP contribution in [0.2, 0.25) is 0 Å². The average molecular weight is 333 g/mol. The molecule has 0 bridgehead atoms. The van der Waals surface area contributed by atoms with Crippen LogP contribution in [-0.4, -0.2) is 46.0 Å². The summed E-state index contributed by atoms with van der Waals surface area (Å²) in [6.45, 7) is 6.81. The Balaban J connectivity index is 1.61. The Labute approximate surface area is 147 Å². The Bertz CT molecular complexity index is 917. The third-order valence-electron chi connectivity index (χ3n) is 5.79. The molecule has 1 spiro atoms. The maximum absolute atomic E-state index is 4.65. The zero-order valence-corrected chi connectivity index (χ0v) is 14.6. The minimum absolute atomic E-state index is 0.222. The first-order valence-electron chi connectivity index (χ1n) is 9.18. The fraction of sp³-hybridized carbons (Fsp3) is 0.400.